The third kappa shape index (κ3) is 4.19. The monoisotopic (exact) mass is 383 g/mol. The van der Waals surface area contributed by atoms with Gasteiger partial charge < -0.3 is 25.0 Å². The first-order valence-corrected chi connectivity index (χ1v) is 9.19. The van der Waals surface area contributed by atoms with Crippen LogP contribution in [0.4, 0.5) is 10.5 Å². The van der Waals surface area contributed by atoms with Gasteiger partial charge in [-0.15, -0.1) is 0 Å². The van der Waals surface area contributed by atoms with Gasteiger partial charge in [-0.3, -0.25) is 4.79 Å². The third-order valence-corrected chi connectivity index (χ3v) is 4.83. The van der Waals surface area contributed by atoms with E-state index in [-0.39, 0.29) is 11.9 Å². The zero-order chi connectivity index (χ0) is 20.1. The maximum atomic E-state index is 12.6. The summed E-state index contributed by atoms with van der Waals surface area (Å²) >= 11 is 0. The molecule has 0 aliphatic carbocycles. The van der Waals surface area contributed by atoms with E-state index in [1.165, 1.54) is 0 Å². The Kier molecular flexibility index (Phi) is 6.03. The SMILES string of the molecule is COc1ccc(C(C)NC(=O)NC2CCN(c3ccccc3)C2=O)c(OC)c1. The number of methoxy groups -OCH3 is 2. The fourth-order valence-corrected chi connectivity index (χ4v) is 3.33. The number of nitrogens with zero attached hydrogens (tertiary/aromatic N) is 1. The van der Waals surface area contributed by atoms with Crippen LogP contribution in [0.5, 0.6) is 11.5 Å². The maximum absolute atomic E-state index is 12.6. The van der Waals surface area contributed by atoms with Gasteiger partial charge in [0.15, 0.2) is 0 Å². The number of amides is 3. The van der Waals surface area contributed by atoms with Gasteiger partial charge in [0.2, 0.25) is 5.91 Å². The highest BCUT2D eigenvalue weighted by Gasteiger charge is 2.33. The normalized spacial score (nSPS) is 17.2. The molecule has 1 aliphatic heterocycles. The number of urea groups is 1. The summed E-state index contributed by atoms with van der Waals surface area (Å²) in [6.45, 7) is 2.44. The molecule has 1 heterocycles. The van der Waals surface area contributed by atoms with Crippen molar-refractivity contribution in [3.05, 3.63) is 54.1 Å². The lowest BCUT2D eigenvalue weighted by Gasteiger charge is -2.20. The van der Waals surface area contributed by atoms with Crippen molar-refractivity contribution in [2.75, 3.05) is 25.7 Å². The molecule has 0 aromatic heterocycles. The van der Waals surface area contributed by atoms with E-state index in [0.717, 1.165) is 11.3 Å². The predicted octanol–water partition coefficient (Wildman–Crippen LogP) is 2.87. The highest BCUT2D eigenvalue weighted by atomic mass is 16.5. The number of hydrogen-bond donors (Lipinski definition) is 2. The van der Waals surface area contributed by atoms with Crippen LogP contribution in [-0.2, 0) is 4.79 Å². The van der Waals surface area contributed by atoms with E-state index in [4.69, 9.17) is 9.47 Å². The Morgan fingerprint density at radius 1 is 1.14 bits per heavy atom. The quantitative estimate of drug-likeness (QED) is 0.804. The highest BCUT2D eigenvalue weighted by molar-refractivity contribution is 6.01. The Morgan fingerprint density at radius 2 is 1.89 bits per heavy atom. The summed E-state index contributed by atoms with van der Waals surface area (Å²) in [5.41, 5.74) is 1.66. The second kappa shape index (κ2) is 8.65. The summed E-state index contributed by atoms with van der Waals surface area (Å²) in [5.74, 6) is 1.20. The summed E-state index contributed by atoms with van der Waals surface area (Å²) in [6.07, 6.45) is 0.571. The summed E-state index contributed by atoms with van der Waals surface area (Å²) in [4.78, 5) is 26.7. The van der Waals surface area contributed by atoms with Crippen molar-refractivity contribution in [2.45, 2.75) is 25.4 Å². The standard InChI is InChI=1S/C21H25N3O4/c1-14(17-10-9-16(27-2)13-19(17)28-3)22-21(26)23-18-11-12-24(20(18)25)15-7-5-4-6-8-15/h4-10,13-14,18H,11-12H2,1-3H3,(H2,22,23,26). The van der Waals surface area contributed by atoms with Crippen molar-refractivity contribution >= 4 is 17.6 Å². The Labute approximate surface area is 164 Å². The highest BCUT2D eigenvalue weighted by Crippen LogP contribution is 2.29. The number of ether oxygens (including phenoxy) is 2. The molecule has 0 saturated carbocycles. The first-order valence-electron chi connectivity index (χ1n) is 9.19. The number of nitrogens with one attached hydrogen (secondary N) is 2. The van der Waals surface area contributed by atoms with Crippen LogP contribution in [0.2, 0.25) is 0 Å². The molecule has 1 saturated heterocycles. The molecule has 2 atom stereocenters. The minimum absolute atomic E-state index is 0.101. The molecule has 1 aliphatic rings. The van der Waals surface area contributed by atoms with E-state index in [1.54, 1.807) is 25.2 Å². The van der Waals surface area contributed by atoms with E-state index < -0.39 is 12.1 Å². The fraction of sp³-hybridized carbons (Fsp3) is 0.333. The van der Waals surface area contributed by atoms with Gasteiger partial charge >= 0.3 is 6.03 Å². The van der Waals surface area contributed by atoms with Crippen LogP contribution in [0.25, 0.3) is 0 Å². The van der Waals surface area contributed by atoms with Crippen LogP contribution in [0.3, 0.4) is 0 Å². The lowest BCUT2D eigenvalue weighted by molar-refractivity contribution is -0.118. The van der Waals surface area contributed by atoms with Crippen molar-refractivity contribution in [1.29, 1.82) is 0 Å². The van der Waals surface area contributed by atoms with Crippen molar-refractivity contribution in [3.8, 4) is 11.5 Å². The molecule has 7 heteroatoms. The molecule has 3 rings (SSSR count). The summed E-state index contributed by atoms with van der Waals surface area (Å²) < 4.78 is 10.6. The smallest absolute Gasteiger partial charge is 0.315 e. The van der Waals surface area contributed by atoms with Crippen LogP contribution >= 0.6 is 0 Å². The Balaban J connectivity index is 1.61. The first-order chi connectivity index (χ1) is 13.5. The fourth-order valence-electron chi connectivity index (χ4n) is 3.33. The van der Waals surface area contributed by atoms with Gasteiger partial charge in [0, 0.05) is 23.9 Å². The summed E-state index contributed by atoms with van der Waals surface area (Å²) in [6, 6.07) is 13.7. The molecule has 3 amide bonds. The molecule has 2 unspecified atom stereocenters. The first kappa shape index (κ1) is 19.5. The van der Waals surface area contributed by atoms with Gasteiger partial charge in [-0.25, -0.2) is 4.79 Å². The van der Waals surface area contributed by atoms with Gasteiger partial charge in [-0.2, -0.15) is 0 Å². The van der Waals surface area contributed by atoms with Gasteiger partial charge in [0.25, 0.3) is 0 Å². The van der Waals surface area contributed by atoms with Crippen LogP contribution in [0.1, 0.15) is 24.9 Å². The number of rotatable bonds is 6. The summed E-state index contributed by atoms with van der Waals surface area (Å²) in [5, 5.41) is 5.65. The number of carbonyl (C=O) groups excluding carboxylic acids is 2. The van der Waals surface area contributed by atoms with E-state index in [2.05, 4.69) is 10.6 Å². The van der Waals surface area contributed by atoms with Crippen LogP contribution in [0, 0.1) is 0 Å². The van der Waals surface area contributed by atoms with Gasteiger partial charge in [0.05, 0.1) is 20.3 Å². The minimum Gasteiger partial charge on any atom is -0.497 e. The number of hydrogen-bond acceptors (Lipinski definition) is 4. The van der Waals surface area contributed by atoms with E-state index in [1.807, 2.05) is 49.4 Å². The topological polar surface area (TPSA) is 79.9 Å². The second-order valence-electron chi connectivity index (χ2n) is 6.61. The third-order valence-electron chi connectivity index (χ3n) is 4.83. The van der Waals surface area contributed by atoms with Gasteiger partial charge in [0.1, 0.15) is 17.5 Å². The number of carbonyl (C=O) groups is 2. The molecule has 0 radical (unpaired) electrons. The molecule has 2 N–H and O–H groups in total. The van der Waals surface area contributed by atoms with E-state index in [0.29, 0.717) is 24.5 Å². The van der Waals surface area contributed by atoms with E-state index >= 15 is 0 Å². The molecular formula is C21H25N3O4. The van der Waals surface area contributed by atoms with Crippen LogP contribution < -0.4 is 25.0 Å². The van der Waals surface area contributed by atoms with Crippen LogP contribution in [0.15, 0.2) is 48.5 Å². The molecule has 28 heavy (non-hydrogen) atoms. The molecule has 148 valence electrons. The van der Waals surface area contributed by atoms with Crippen molar-refractivity contribution in [3.63, 3.8) is 0 Å². The predicted molar refractivity (Wildman–Crippen MR) is 107 cm³/mol. The lowest BCUT2D eigenvalue weighted by Crippen LogP contribution is -2.46. The molecule has 2 aromatic rings. The average Bonchev–Trinajstić information content (AvgIpc) is 3.08. The Bertz CT molecular complexity index is 841. The minimum atomic E-state index is -0.537. The molecule has 7 nitrogen and oxygen atoms in total. The zero-order valence-electron chi connectivity index (χ0n) is 16.3. The molecular weight excluding hydrogens is 358 g/mol. The van der Waals surface area contributed by atoms with Crippen LogP contribution in [-0.4, -0.2) is 38.7 Å². The zero-order valence-corrected chi connectivity index (χ0v) is 16.3. The number of anilines is 1. The average molecular weight is 383 g/mol. The Morgan fingerprint density at radius 3 is 2.57 bits per heavy atom. The second-order valence-corrected chi connectivity index (χ2v) is 6.61. The Hall–Kier alpha value is -3.22. The van der Waals surface area contributed by atoms with Crippen molar-refractivity contribution in [1.82, 2.24) is 10.6 Å². The molecule has 1 fully saturated rings. The van der Waals surface area contributed by atoms with E-state index in [9.17, 15) is 9.59 Å². The van der Waals surface area contributed by atoms with Gasteiger partial charge in [-0.1, -0.05) is 18.2 Å². The molecule has 0 spiro atoms. The summed E-state index contributed by atoms with van der Waals surface area (Å²) in [7, 11) is 3.15. The molecule has 2 aromatic carbocycles. The largest absolute Gasteiger partial charge is 0.497 e. The lowest BCUT2D eigenvalue weighted by atomic mass is 10.1. The van der Waals surface area contributed by atoms with Crippen molar-refractivity contribution in [2.24, 2.45) is 0 Å². The number of para-hydroxylation sites is 1. The number of benzene rings is 2. The van der Waals surface area contributed by atoms with Gasteiger partial charge in [-0.05, 0) is 37.6 Å². The van der Waals surface area contributed by atoms with Crippen molar-refractivity contribution < 1.29 is 19.1 Å². The molecule has 0 bridgehead atoms. The maximum Gasteiger partial charge on any atom is 0.315 e.